The second-order valence-electron chi connectivity index (χ2n) is 13.3. The van der Waals surface area contributed by atoms with Crippen molar-refractivity contribution in [3.05, 3.63) is 24.3 Å². The molecule has 0 radical (unpaired) electrons. The monoisotopic (exact) mass is 644 g/mol. The Hall–Kier alpha value is -1.02. The van der Waals surface area contributed by atoms with E-state index in [0.29, 0.717) is 17.4 Å². The number of quaternary nitrogens is 1. The van der Waals surface area contributed by atoms with Gasteiger partial charge in [-0.3, -0.25) is 9.36 Å². The summed E-state index contributed by atoms with van der Waals surface area (Å²) in [5.74, 6) is -0.219. The second kappa shape index (κ2) is 28.2. The summed E-state index contributed by atoms with van der Waals surface area (Å²) in [5.41, 5.74) is 0. The Balaban J connectivity index is 4.64. The maximum absolute atomic E-state index is 12.7. The van der Waals surface area contributed by atoms with Crippen LogP contribution in [-0.4, -0.2) is 68.5 Å². The van der Waals surface area contributed by atoms with E-state index < -0.39 is 26.6 Å². The van der Waals surface area contributed by atoms with E-state index >= 15 is 0 Å². The van der Waals surface area contributed by atoms with E-state index in [1.54, 1.807) is 12.2 Å². The average molecular weight is 645 g/mol. The molecule has 1 amide bonds. The molecule has 1 unspecified atom stereocenters. The first kappa shape index (κ1) is 43.0. The van der Waals surface area contributed by atoms with Gasteiger partial charge in [0.1, 0.15) is 13.2 Å². The van der Waals surface area contributed by atoms with Gasteiger partial charge in [0, 0.05) is 6.42 Å². The highest BCUT2D eigenvalue weighted by molar-refractivity contribution is 7.45. The molecule has 44 heavy (non-hydrogen) atoms. The van der Waals surface area contributed by atoms with Crippen molar-refractivity contribution in [2.45, 2.75) is 154 Å². The molecule has 0 saturated carbocycles. The highest BCUT2D eigenvalue weighted by Crippen LogP contribution is 2.38. The quantitative estimate of drug-likeness (QED) is 0.0343. The van der Waals surface area contributed by atoms with Crippen LogP contribution in [0, 0.1) is 0 Å². The first-order valence-electron chi connectivity index (χ1n) is 17.7. The Morgan fingerprint density at radius 2 is 1.30 bits per heavy atom. The fourth-order valence-electron chi connectivity index (χ4n) is 4.80. The van der Waals surface area contributed by atoms with Gasteiger partial charge in [0.2, 0.25) is 5.91 Å². The SMILES string of the molecule is CCCCCCCC/C=C/C=C/[C@@H](O)[C@H](COP(=O)([O-])OCC[N+](C)(C)C)NC(=O)CCCCCCCCCCCCCC. The van der Waals surface area contributed by atoms with Gasteiger partial charge in [-0.1, -0.05) is 141 Å². The molecule has 0 bridgehead atoms. The van der Waals surface area contributed by atoms with Crippen LogP contribution < -0.4 is 10.2 Å². The van der Waals surface area contributed by atoms with Crippen LogP contribution in [0.15, 0.2) is 24.3 Å². The Labute approximate surface area is 271 Å². The molecule has 0 aliphatic carbocycles. The maximum Gasteiger partial charge on any atom is 0.268 e. The molecule has 0 spiro atoms. The molecule has 3 atom stereocenters. The van der Waals surface area contributed by atoms with Crippen LogP contribution >= 0.6 is 7.82 Å². The normalized spacial score (nSPS) is 15.2. The first-order chi connectivity index (χ1) is 21.0. The van der Waals surface area contributed by atoms with Crippen molar-refractivity contribution >= 4 is 13.7 Å². The van der Waals surface area contributed by atoms with Crippen molar-refractivity contribution in [3.63, 3.8) is 0 Å². The highest BCUT2D eigenvalue weighted by Gasteiger charge is 2.23. The van der Waals surface area contributed by atoms with E-state index in [1.165, 1.54) is 89.9 Å². The number of rotatable bonds is 31. The molecular formula is C35H69N2O6P. The number of nitrogens with one attached hydrogen (secondary N) is 1. The number of phosphoric acid groups is 1. The van der Waals surface area contributed by atoms with Crippen molar-refractivity contribution in [3.8, 4) is 0 Å². The first-order valence-corrected chi connectivity index (χ1v) is 19.2. The van der Waals surface area contributed by atoms with E-state index in [2.05, 4.69) is 25.2 Å². The lowest BCUT2D eigenvalue weighted by atomic mass is 10.0. The fourth-order valence-corrected chi connectivity index (χ4v) is 5.52. The van der Waals surface area contributed by atoms with Crippen LogP contribution in [0.3, 0.4) is 0 Å². The molecule has 0 fully saturated rings. The van der Waals surface area contributed by atoms with Crippen molar-refractivity contribution in [2.24, 2.45) is 0 Å². The van der Waals surface area contributed by atoms with E-state index in [1.807, 2.05) is 27.2 Å². The minimum atomic E-state index is -4.58. The Bertz CT molecular complexity index is 784. The number of phosphoric ester groups is 1. The molecule has 0 aromatic heterocycles. The minimum absolute atomic E-state index is 0.00782. The zero-order chi connectivity index (χ0) is 32.9. The van der Waals surface area contributed by atoms with Crippen LogP contribution in [-0.2, 0) is 18.4 Å². The largest absolute Gasteiger partial charge is 0.756 e. The molecule has 0 aliphatic rings. The number of carbonyl (C=O) groups excluding carboxylic acids is 1. The standard InChI is InChI=1S/C35H69N2O6P/c1-6-8-10-12-14-16-18-19-21-23-25-27-29-35(39)36-33(32-43-44(40,41)42-31-30-37(3,4)5)34(38)28-26-24-22-20-17-15-13-11-9-7-2/h22,24,26,28,33-34,38H,6-21,23,25,27,29-32H2,1-5H3,(H-,36,39,40,41)/b24-22+,28-26+/t33-,34+/m0/s1. The predicted molar refractivity (Wildman–Crippen MR) is 182 cm³/mol. The Morgan fingerprint density at radius 3 is 1.82 bits per heavy atom. The summed E-state index contributed by atoms with van der Waals surface area (Å²) >= 11 is 0. The number of likely N-dealkylation sites (N-methyl/N-ethyl adjacent to an activating group) is 1. The van der Waals surface area contributed by atoms with Gasteiger partial charge in [0.15, 0.2) is 0 Å². The Morgan fingerprint density at radius 1 is 0.795 bits per heavy atom. The van der Waals surface area contributed by atoms with Crippen LogP contribution in [0.4, 0.5) is 0 Å². The van der Waals surface area contributed by atoms with Gasteiger partial charge in [-0.25, -0.2) is 0 Å². The summed E-state index contributed by atoms with van der Waals surface area (Å²) in [6.45, 7) is 4.54. The third-order valence-electron chi connectivity index (χ3n) is 7.72. The summed E-state index contributed by atoms with van der Waals surface area (Å²) in [4.78, 5) is 25.0. The summed E-state index contributed by atoms with van der Waals surface area (Å²) in [6.07, 6.45) is 29.5. The lowest BCUT2D eigenvalue weighted by Gasteiger charge is -2.29. The lowest BCUT2D eigenvalue weighted by Crippen LogP contribution is -2.45. The molecule has 0 aromatic carbocycles. The number of hydrogen-bond acceptors (Lipinski definition) is 6. The molecule has 260 valence electrons. The van der Waals surface area contributed by atoms with Crippen molar-refractivity contribution in [2.75, 3.05) is 40.9 Å². The second-order valence-corrected chi connectivity index (χ2v) is 14.7. The van der Waals surface area contributed by atoms with Gasteiger partial charge in [0.25, 0.3) is 7.82 Å². The number of aliphatic hydroxyl groups excluding tert-OH is 1. The van der Waals surface area contributed by atoms with Gasteiger partial charge in [-0.2, -0.15) is 0 Å². The van der Waals surface area contributed by atoms with Crippen molar-refractivity contribution in [1.82, 2.24) is 5.32 Å². The highest BCUT2D eigenvalue weighted by atomic mass is 31.2. The summed E-state index contributed by atoms with van der Waals surface area (Å²) in [5, 5.41) is 13.6. The van der Waals surface area contributed by atoms with Gasteiger partial charge < -0.3 is 28.8 Å². The fraction of sp³-hybridized carbons (Fsp3) is 0.857. The number of carbonyl (C=O) groups is 1. The summed E-state index contributed by atoms with van der Waals surface area (Å²) < 4.78 is 23.0. The van der Waals surface area contributed by atoms with Crippen LogP contribution in [0.25, 0.3) is 0 Å². The number of aliphatic hydroxyl groups is 1. The lowest BCUT2D eigenvalue weighted by molar-refractivity contribution is -0.870. The number of nitrogens with zero attached hydrogens (tertiary/aromatic N) is 1. The summed E-state index contributed by atoms with van der Waals surface area (Å²) in [6, 6.07) is -0.910. The third kappa shape index (κ3) is 29.7. The predicted octanol–water partition coefficient (Wildman–Crippen LogP) is 7.99. The molecule has 2 N–H and O–H groups in total. The smallest absolute Gasteiger partial charge is 0.268 e. The van der Waals surface area contributed by atoms with Crippen molar-refractivity contribution in [1.29, 1.82) is 0 Å². The van der Waals surface area contributed by atoms with Crippen LogP contribution in [0.2, 0.25) is 0 Å². The summed E-state index contributed by atoms with van der Waals surface area (Å²) in [7, 11) is 1.23. The molecular weight excluding hydrogens is 575 g/mol. The number of allylic oxidation sites excluding steroid dienone is 3. The van der Waals surface area contributed by atoms with Gasteiger partial charge in [0.05, 0.1) is 39.9 Å². The molecule has 0 aliphatic heterocycles. The minimum Gasteiger partial charge on any atom is -0.756 e. The van der Waals surface area contributed by atoms with E-state index in [-0.39, 0.29) is 12.5 Å². The molecule has 0 saturated heterocycles. The van der Waals surface area contributed by atoms with E-state index in [0.717, 1.165) is 32.1 Å². The number of amides is 1. The Kier molecular flexibility index (Phi) is 27.6. The van der Waals surface area contributed by atoms with Gasteiger partial charge >= 0.3 is 0 Å². The molecule has 0 heterocycles. The van der Waals surface area contributed by atoms with Gasteiger partial charge in [-0.15, -0.1) is 0 Å². The number of unbranched alkanes of at least 4 members (excludes halogenated alkanes) is 17. The molecule has 0 rings (SSSR count). The van der Waals surface area contributed by atoms with Gasteiger partial charge in [-0.05, 0) is 19.3 Å². The van der Waals surface area contributed by atoms with E-state index in [4.69, 9.17) is 9.05 Å². The van der Waals surface area contributed by atoms with E-state index in [9.17, 15) is 19.4 Å². The molecule has 9 heteroatoms. The van der Waals surface area contributed by atoms with Crippen LogP contribution in [0.1, 0.15) is 142 Å². The molecule has 0 aromatic rings. The number of hydrogen-bond donors (Lipinski definition) is 2. The zero-order valence-corrected chi connectivity index (χ0v) is 30.0. The topological polar surface area (TPSA) is 108 Å². The average Bonchev–Trinajstić information content (AvgIpc) is 2.95. The van der Waals surface area contributed by atoms with Crippen molar-refractivity contribution < 1.29 is 32.9 Å². The molecule has 8 nitrogen and oxygen atoms in total. The zero-order valence-electron chi connectivity index (χ0n) is 29.1. The maximum atomic E-state index is 12.7. The third-order valence-corrected chi connectivity index (χ3v) is 8.68. The van der Waals surface area contributed by atoms with Crippen LogP contribution in [0.5, 0.6) is 0 Å².